The van der Waals surface area contributed by atoms with E-state index in [0.29, 0.717) is 17.5 Å². The van der Waals surface area contributed by atoms with E-state index in [-0.39, 0.29) is 5.91 Å². The van der Waals surface area contributed by atoms with E-state index in [1.54, 1.807) is 0 Å². The summed E-state index contributed by atoms with van der Waals surface area (Å²) in [4.78, 5) is 19.8. The lowest BCUT2D eigenvalue weighted by molar-refractivity contribution is 0.0933. The molecule has 0 bridgehead atoms. The molecule has 3 aromatic rings. The second-order valence-electron chi connectivity index (χ2n) is 9.06. The first-order valence-corrected chi connectivity index (χ1v) is 11.9. The summed E-state index contributed by atoms with van der Waals surface area (Å²) in [6, 6.07) is 16.5. The minimum absolute atomic E-state index is 0.0143. The Kier molecular flexibility index (Phi) is 5.97. The molecule has 1 saturated carbocycles. The van der Waals surface area contributed by atoms with Gasteiger partial charge >= 0.3 is 0 Å². The van der Waals surface area contributed by atoms with Crippen LogP contribution in [0.1, 0.15) is 65.9 Å². The number of para-hydroxylation sites is 1. The van der Waals surface area contributed by atoms with Gasteiger partial charge in [-0.3, -0.25) is 4.79 Å². The average Bonchev–Trinajstić information content (AvgIpc) is 3.29. The van der Waals surface area contributed by atoms with Gasteiger partial charge in [0.05, 0.1) is 6.54 Å². The fourth-order valence-electron chi connectivity index (χ4n) is 4.91. The first kappa shape index (κ1) is 20.8. The van der Waals surface area contributed by atoms with Gasteiger partial charge in [0.15, 0.2) is 0 Å². The maximum absolute atomic E-state index is 12.7. The van der Waals surface area contributed by atoms with Crippen LogP contribution < -0.4 is 10.2 Å². The molecule has 1 fully saturated rings. The van der Waals surface area contributed by atoms with Crippen molar-refractivity contribution in [2.45, 2.75) is 64.5 Å². The molecule has 1 aromatic heterocycles. The zero-order chi connectivity index (χ0) is 21.9. The number of carbonyl (C=O) groups excluding carboxylic acids is 1. The first-order valence-electron chi connectivity index (χ1n) is 11.9. The summed E-state index contributed by atoms with van der Waals surface area (Å²) in [7, 11) is 0. The van der Waals surface area contributed by atoms with Crippen molar-refractivity contribution in [2.24, 2.45) is 0 Å². The third kappa shape index (κ3) is 4.43. The van der Waals surface area contributed by atoms with Crippen LogP contribution in [0.25, 0.3) is 11.5 Å². The second kappa shape index (κ2) is 9.19. The molecular formula is C27H31N3O2. The molecule has 0 saturated heterocycles. The van der Waals surface area contributed by atoms with Crippen LogP contribution in [-0.2, 0) is 13.0 Å². The fraction of sp³-hybridized carbons (Fsp3) is 0.407. The number of amides is 1. The number of nitrogens with one attached hydrogen (secondary N) is 1. The highest BCUT2D eigenvalue weighted by molar-refractivity contribution is 5.94. The maximum Gasteiger partial charge on any atom is 0.251 e. The number of aromatic nitrogens is 1. The van der Waals surface area contributed by atoms with Crippen LogP contribution in [0.2, 0.25) is 0 Å². The summed E-state index contributed by atoms with van der Waals surface area (Å²) >= 11 is 0. The number of oxazole rings is 1. The zero-order valence-corrected chi connectivity index (χ0v) is 18.8. The molecule has 2 aromatic carbocycles. The van der Waals surface area contributed by atoms with Crippen molar-refractivity contribution in [3.63, 3.8) is 0 Å². The van der Waals surface area contributed by atoms with Gasteiger partial charge in [0.2, 0.25) is 5.89 Å². The van der Waals surface area contributed by atoms with Crippen molar-refractivity contribution in [2.75, 3.05) is 11.4 Å². The number of nitrogens with zero attached hydrogens (tertiary/aromatic N) is 2. The van der Waals surface area contributed by atoms with Crippen LogP contribution in [0, 0.1) is 6.92 Å². The number of fused-ring (bicyclic) bond motifs is 1. The Morgan fingerprint density at radius 3 is 2.59 bits per heavy atom. The predicted molar refractivity (Wildman–Crippen MR) is 127 cm³/mol. The summed E-state index contributed by atoms with van der Waals surface area (Å²) in [5.41, 5.74) is 5.24. The van der Waals surface area contributed by atoms with Crippen molar-refractivity contribution in [1.29, 1.82) is 0 Å². The predicted octanol–water partition coefficient (Wildman–Crippen LogP) is 5.67. The number of anilines is 1. The Morgan fingerprint density at radius 2 is 1.81 bits per heavy atom. The van der Waals surface area contributed by atoms with Crippen molar-refractivity contribution in [1.82, 2.24) is 10.3 Å². The molecule has 166 valence electrons. The zero-order valence-electron chi connectivity index (χ0n) is 18.8. The molecule has 0 radical (unpaired) electrons. The van der Waals surface area contributed by atoms with Crippen LogP contribution in [0.3, 0.4) is 0 Å². The molecule has 2 heterocycles. The Bertz CT molecular complexity index is 1080. The van der Waals surface area contributed by atoms with Crippen LogP contribution in [0.15, 0.2) is 52.9 Å². The number of hydrogen-bond donors (Lipinski definition) is 1. The van der Waals surface area contributed by atoms with Crippen molar-refractivity contribution in [3.05, 3.63) is 71.1 Å². The maximum atomic E-state index is 12.7. The quantitative estimate of drug-likeness (QED) is 0.531. The highest BCUT2D eigenvalue weighted by atomic mass is 16.4. The lowest BCUT2D eigenvalue weighted by Crippen LogP contribution is -2.34. The van der Waals surface area contributed by atoms with E-state index < -0.39 is 0 Å². The Labute approximate surface area is 189 Å². The minimum Gasteiger partial charge on any atom is -0.441 e. The SMILES string of the molecule is Cc1oc(-c2ccc(C(=O)NC3CCCCCC3)cc2)nc1CN1CCc2ccccc21. The summed E-state index contributed by atoms with van der Waals surface area (Å²) in [6.07, 6.45) is 8.22. The van der Waals surface area contributed by atoms with E-state index in [2.05, 4.69) is 34.5 Å². The van der Waals surface area contributed by atoms with E-state index in [9.17, 15) is 4.79 Å². The molecular weight excluding hydrogens is 398 g/mol. The monoisotopic (exact) mass is 429 g/mol. The molecule has 2 aliphatic rings. The second-order valence-corrected chi connectivity index (χ2v) is 9.06. The number of carbonyl (C=O) groups is 1. The average molecular weight is 430 g/mol. The van der Waals surface area contributed by atoms with E-state index in [4.69, 9.17) is 9.40 Å². The third-order valence-corrected chi connectivity index (χ3v) is 6.80. The lowest BCUT2D eigenvalue weighted by atomic mass is 10.1. The van der Waals surface area contributed by atoms with Crippen LogP contribution in [0.5, 0.6) is 0 Å². The smallest absolute Gasteiger partial charge is 0.251 e. The normalized spacial score (nSPS) is 16.6. The van der Waals surface area contributed by atoms with Crippen molar-refractivity contribution < 1.29 is 9.21 Å². The fourth-order valence-corrected chi connectivity index (χ4v) is 4.91. The molecule has 1 N–H and O–H groups in total. The Hall–Kier alpha value is -3.08. The van der Waals surface area contributed by atoms with E-state index in [1.165, 1.54) is 36.9 Å². The van der Waals surface area contributed by atoms with E-state index in [1.807, 2.05) is 31.2 Å². The van der Waals surface area contributed by atoms with Gasteiger partial charge < -0.3 is 14.6 Å². The molecule has 5 nitrogen and oxygen atoms in total. The van der Waals surface area contributed by atoms with Crippen LogP contribution in [-0.4, -0.2) is 23.5 Å². The molecule has 1 amide bonds. The number of rotatable bonds is 5. The van der Waals surface area contributed by atoms with E-state index >= 15 is 0 Å². The van der Waals surface area contributed by atoms with Gasteiger partial charge in [-0.15, -0.1) is 0 Å². The van der Waals surface area contributed by atoms with Gasteiger partial charge in [-0.05, 0) is 62.1 Å². The van der Waals surface area contributed by atoms with Gasteiger partial charge in [0.25, 0.3) is 5.91 Å². The van der Waals surface area contributed by atoms with Crippen molar-refractivity contribution >= 4 is 11.6 Å². The van der Waals surface area contributed by atoms with Gasteiger partial charge in [-0.25, -0.2) is 4.98 Å². The minimum atomic E-state index is 0.0143. The highest BCUT2D eigenvalue weighted by Gasteiger charge is 2.22. The summed E-state index contributed by atoms with van der Waals surface area (Å²) in [5.74, 6) is 1.47. The molecule has 1 aliphatic carbocycles. The summed E-state index contributed by atoms with van der Waals surface area (Å²) in [5, 5.41) is 3.21. The highest BCUT2D eigenvalue weighted by Crippen LogP contribution is 2.30. The number of benzene rings is 2. The van der Waals surface area contributed by atoms with Gasteiger partial charge in [0.1, 0.15) is 11.5 Å². The van der Waals surface area contributed by atoms with Crippen LogP contribution >= 0.6 is 0 Å². The van der Waals surface area contributed by atoms with Gasteiger partial charge in [0, 0.05) is 29.4 Å². The Balaban J connectivity index is 1.26. The molecule has 1 aliphatic heterocycles. The standard InChI is InChI=1S/C27H31N3O2/c1-19-24(18-30-17-16-20-8-6-7-11-25(20)30)29-27(32-19)22-14-12-21(13-15-22)26(31)28-23-9-4-2-3-5-10-23/h6-8,11-15,23H,2-5,9-10,16-18H2,1H3,(H,28,31). The summed E-state index contributed by atoms with van der Waals surface area (Å²) < 4.78 is 6.00. The molecule has 0 spiro atoms. The molecule has 32 heavy (non-hydrogen) atoms. The summed E-state index contributed by atoms with van der Waals surface area (Å²) in [6.45, 7) is 3.72. The van der Waals surface area contributed by atoms with Gasteiger partial charge in [-0.1, -0.05) is 43.9 Å². The molecule has 0 unspecified atom stereocenters. The largest absolute Gasteiger partial charge is 0.441 e. The number of hydrogen-bond acceptors (Lipinski definition) is 4. The third-order valence-electron chi connectivity index (χ3n) is 6.80. The lowest BCUT2D eigenvalue weighted by Gasteiger charge is -2.18. The Morgan fingerprint density at radius 1 is 1.06 bits per heavy atom. The van der Waals surface area contributed by atoms with Crippen molar-refractivity contribution in [3.8, 4) is 11.5 Å². The number of aryl methyl sites for hydroxylation is 1. The topological polar surface area (TPSA) is 58.4 Å². The molecule has 5 rings (SSSR count). The van der Waals surface area contributed by atoms with Crippen LogP contribution in [0.4, 0.5) is 5.69 Å². The molecule has 5 heteroatoms. The van der Waals surface area contributed by atoms with E-state index in [0.717, 1.165) is 49.4 Å². The van der Waals surface area contributed by atoms with Gasteiger partial charge in [-0.2, -0.15) is 0 Å². The molecule has 0 atom stereocenters. The first-order chi connectivity index (χ1) is 15.7.